The van der Waals surface area contributed by atoms with Gasteiger partial charge in [0.15, 0.2) is 0 Å². The number of imidazole rings is 1. The lowest BCUT2D eigenvalue weighted by Gasteiger charge is -2.12. The van der Waals surface area contributed by atoms with Gasteiger partial charge in [-0.15, -0.1) is 0 Å². The summed E-state index contributed by atoms with van der Waals surface area (Å²) in [6.45, 7) is 2.71. The van der Waals surface area contributed by atoms with E-state index >= 15 is 0 Å². The quantitative estimate of drug-likeness (QED) is 0.572. The molecular weight excluding hydrogens is 272 g/mol. The first kappa shape index (κ1) is 14.1. The van der Waals surface area contributed by atoms with Crippen molar-refractivity contribution in [3.63, 3.8) is 0 Å². The average Bonchev–Trinajstić information content (AvgIpc) is 2.96. The lowest BCUT2D eigenvalue weighted by Crippen LogP contribution is -2.15. The minimum absolute atomic E-state index is 0.0906. The minimum atomic E-state index is 0.0906. The molecule has 110 valence electrons. The predicted octanol–water partition coefficient (Wildman–Crippen LogP) is 3.19. The number of hydrogen-bond acceptors (Lipinski definition) is 2. The molecule has 1 heterocycles. The third kappa shape index (κ3) is 2.76. The molecule has 0 amide bonds. The van der Waals surface area contributed by atoms with Crippen molar-refractivity contribution in [2.24, 2.45) is 5.73 Å². The molecule has 3 aromatic rings. The number of nitrogens with zero attached hydrogens (tertiary/aromatic N) is 2. The van der Waals surface area contributed by atoms with Crippen LogP contribution in [0.1, 0.15) is 16.7 Å². The second-order valence-electron chi connectivity index (χ2n) is 5.32. The monoisotopic (exact) mass is 290 g/mol. The van der Waals surface area contributed by atoms with Gasteiger partial charge >= 0.3 is 0 Å². The Bertz CT molecular complexity index is 817. The van der Waals surface area contributed by atoms with Crippen molar-refractivity contribution in [1.29, 1.82) is 5.41 Å². The molecular formula is C18H18N4. The van der Waals surface area contributed by atoms with E-state index in [1.54, 1.807) is 6.20 Å². The highest BCUT2D eigenvalue weighted by atomic mass is 15.1. The smallest absolute Gasteiger partial charge is 0.140 e. The van der Waals surface area contributed by atoms with Crippen LogP contribution in [-0.4, -0.2) is 15.4 Å². The van der Waals surface area contributed by atoms with Crippen molar-refractivity contribution >= 4 is 5.84 Å². The number of rotatable bonds is 4. The maximum absolute atomic E-state index is 7.70. The Morgan fingerprint density at radius 2 is 2.00 bits per heavy atom. The fourth-order valence-corrected chi connectivity index (χ4v) is 2.59. The Hall–Kier alpha value is -2.88. The third-order valence-corrected chi connectivity index (χ3v) is 3.64. The second kappa shape index (κ2) is 5.85. The summed E-state index contributed by atoms with van der Waals surface area (Å²) in [6.07, 6.45) is 3.75. The van der Waals surface area contributed by atoms with E-state index in [0.717, 1.165) is 22.5 Å². The zero-order chi connectivity index (χ0) is 15.5. The lowest BCUT2D eigenvalue weighted by atomic mass is 10.1. The molecule has 2 aromatic carbocycles. The fraction of sp³-hybridized carbons (Fsp3) is 0.111. The molecule has 0 radical (unpaired) electrons. The maximum atomic E-state index is 7.70. The first-order valence-electron chi connectivity index (χ1n) is 7.15. The summed E-state index contributed by atoms with van der Waals surface area (Å²) in [5, 5.41) is 7.70. The van der Waals surface area contributed by atoms with Crippen LogP contribution in [0.15, 0.2) is 60.9 Å². The highest BCUT2D eigenvalue weighted by molar-refractivity contribution is 5.96. The van der Waals surface area contributed by atoms with Crippen LogP contribution in [0, 0.1) is 12.3 Å². The van der Waals surface area contributed by atoms with Crippen LogP contribution in [-0.2, 0) is 6.54 Å². The predicted molar refractivity (Wildman–Crippen MR) is 89.0 cm³/mol. The summed E-state index contributed by atoms with van der Waals surface area (Å²) in [4.78, 5) is 4.48. The number of nitrogens with one attached hydrogen (secondary N) is 1. The maximum Gasteiger partial charge on any atom is 0.140 e. The molecule has 0 unspecified atom stereocenters. The lowest BCUT2D eigenvalue weighted by molar-refractivity contribution is 0.805. The van der Waals surface area contributed by atoms with Gasteiger partial charge in [0.25, 0.3) is 0 Å². The van der Waals surface area contributed by atoms with E-state index in [1.807, 2.05) is 36.5 Å². The summed E-state index contributed by atoms with van der Waals surface area (Å²) in [5.74, 6) is 1.01. The highest BCUT2D eigenvalue weighted by Gasteiger charge is 2.10. The first-order chi connectivity index (χ1) is 10.6. The van der Waals surface area contributed by atoms with Crippen LogP contribution < -0.4 is 5.73 Å². The van der Waals surface area contributed by atoms with Gasteiger partial charge in [-0.05, 0) is 18.6 Å². The molecule has 0 aliphatic heterocycles. The summed E-state index contributed by atoms with van der Waals surface area (Å²) in [7, 11) is 0. The van der Waals surface area contributed by atoms with E-state index in [-0.39, 0.29) is 5.84 Å². The van der Waals surface area contributed by atoms with E-state index in [2.05, 4.69) is 34.7 Å². The summed E-state index contributed by atoms with van der Waals surface area (Å²) in [5.41, 5.74) is 9.75. The zero-order valence-electron chi connectivity index (χ0n) is 12.5. The summed E-state index contributed by atoms with van der Waals surface area (Å²) < 4.78 is 2.08. The van der Waals surface area contributed by atoms with Gasteiger partial charge in [0.05, 0.1) is 0 Å². The topological polar surface area (TPSA) is 67.7 Å². The number of amidine groups is 1. The molecule has 3 N–H and O–H groups in total. The molecule has 0 bridgehead atoms. The number of nitrogen functional groups attached to an aromatic ring is 1. The van der Waals surface area contributed by atoms with Crippen molar-refractivity contribution < 1.29 is 0 Å². The average molecular weight is 290 g/mol. The normalized spacial score (nSPS) is 10.6. The van der Waals surface area contributed by atoms with Gasteiger partial charge in [-0.3, -0.25) is 5.41 Å². The standard InChI is InChI=1S/C18H18N4/c1-13-5-4-7-14(11-13)18-21-9-10-22(18)12-15-6-2-3-8-16(15)17(19)20/h2-11H,12H2,1H3,(H3,19,20). The van der Waals surface area contributed by atoms with E-state index in [4.69, 9.17) is 11.1 Å². The third-order valence-electron chi connectivity index (χ3n) is 3.64. The Morgan fingerprint density at radius 1 is 1.18 bits per heavy atom. The summed E-state index contributed by atoms with van der Waals surface area (Å²) >= 11 is 0. The molecule has 4 heteroatoms. The van der Waals surface area contributed by atoms with Crippen LogP contribution in [0.25, 0.3) is 11.4 Å². The van der Waals surface area contributed by atoms with E-state index in [9.17, 15) is 0 Å². The fourth-order valence-electron chi connectivity index (χ4n) is 2.59. The first-order valence-corrected chi connectivity index (χ1v) is 7.15. The molecule has 0 aliphatic carbocycles. The highest BCUT2D eigenvalue weighted by Crippen LogP contribution is 2.20. The van der Waals surface area contributed by atoms with Crippen LogP contribution >= 0.6 is 0 Å². The minimum Gasteiger partial charge on any atom is -0.384 e. The van der Waals surface area contributed by atoms with Crippen LogP contribution in [0.3, 0.4) is 0 Å². The van der Waals surface area contributed by atoms with E-state index in [1.165, 1.54) is 5.56 Å². The van der Waals surface area contributed by atoms with Gasteiger partial charge in [-0.25, -0.2) is 4.98 Å². The van der Waals surface area contributed by atoms with Crippen molar-refractivity contribution in [2.75, 3.05) is 0 Å². The van der Waals surface area contributed by atoms with Gasteiger partial charge in [0.2, 0.25) is 0 Å². The van der Waals surface area contributed by atoms with Crippen LogP contribution in [0.4, 0.5) is 0 Å². The number of aromatic nitrogens is 2. The van der Waals surface area contributed by atoms with Gasteiger partial charge < -0.3 is 10.3 Å². The second-order valence-corrected chi connectivity index (χ2v) is 5.32. The molecule has 0 saturated carbocycles. The molecule has 0 spiro atoms. The molecule has 0 fully saturated rings. The van der Waals surface area contributed by atoms with Crippen molar-refractivity contribution in [2.45, 2.75) is 13.5 Å². The summed E-state index contributed by atoms with van der Waals surface area (Å²) in [6, 6.07) is 16.0. The molecule has 1 aromatic heterocycles. The molecule has 4 nitrogen and oxygen atoms in total. The Morgan fingerprint density at radius 3 is 2.77 bits per heavy atom. The van der Waals surface area contributed by atoms with E-state index < -0.39 is 0 Å². The number of aryl methyl sites for hydroxylation is 1. The van der Waals surface area contributed by atoms with Gasteiger partial charge in [0.1, 0.15) is 11.7 Å². The number of benzene rings is 2. The van der Waals surface area contributed by atoms with Crippen molar-refractivity contribution in [3.05, 3.63) is 77.6 Å². The number of nitrogens with two attached hydrogens (primary N) is 1. The van der Waals surface area contributed by atoms with Gasteiger partial charge in [-0.1, -0.05) is 48.0 Å². The molecule has 0 aliphatic rings. The zero-order valence-corrected chi connectivity index (χ0v) is 12.5. The van der Waals surface area contributed by atoms with Gasteiger partial charge in [-0.2, -0.15) is 0 Å². The van der Waals surface area contributed by atoms with Crippen LogP contribution in [0.5, 0.6) is 0 Å². The van der Waals surface area contributed by atoms with Gasteiger partial charge in [0, 0.05) is 30.1 Å². The SMILES string of the molecule is Cc1cccc(-c2nccn2Cc2ccccc2C(=N)N)c1. The van der Waals surface area contributed by atoms with Crippen LogP contribution in [0.2, 0.25) is 0 Å². The molecule has 3 rings (SSSR count). The largest absolute Gasteiger partial charge is 0.384 e. The molecule has 0 saturated heterocycles. The Kier molecular flexibility index (Phi) is 3.74. The molecule has 22 heavy (non-hydrogen) atoms. The Balaban J connectivity index is 1.99. The number of hydrogen-bond donors (Lipinski definition) is 2. The van der Waals surface area contributed by atoms with Crippen molar-refractivity contribution in [1.82, 2.24) is 9.55 Å². The van der Waals surface area contributed by atoms with E-state index in [0.29, 0.717) is 6.54 Å². The Labute approximate surface area is 129 Å². The molecule has 0 atom stereocenters. The van der Waals surface area contributed by atoms with Crippen molar-refractivity contribution in [3.8, 4) is 11.4 Å².